The molecule has 0 spiro atoms. The topological polar surface area (TPSA) is 37.3 Å². The molecule has 1 N–H and O–H groups in total. The van der Waals surface area contributed by atoms with Gasteiger partial charge in [-0.05, 0) is 17.9 Å². The van der Waals surface area contributed by atoms with Gasteiger partial charge in [0, 0.05) is 0 Å². The van der Waals surface area contributed by atoms with Crippen LogP contribution in [0, 0.1) is 0 Å². The quantitative estimate of drug-likeness (QED) is 0.494. The number of rotatable bonds is 3. The van der Waals surface area contributed by atoms with E-state index in [9.17, 15) is 4.57 Å². The fourth-order valence-electron chi connectivity index (χ4n) is 0.528. The summed E-state index contributed by atoms with van der Waals surface area (Å²) >= 11 is 0. The van der Waals surface area contributed by atoms with E-state index < -0.39 is 8.03 Å². The molecule has 0 aliphatic heterocycles. The Hall–Kier alpha value is 0.592. The van der Waals surface area contributed by atoms with Crippen LogP contribution in [0.4, 0.5) is 0 Å². The van der Waals surface area contributed by atoms with Crippen molar-refractivity contribution in [3.8, 4) is 0 Å². The van der Waals surface area contributed by atoms with Crippen LogP contribution in [0.5, 0.6) is 0 Å². The third kappa shape index (κ3) is 6.48. The van der Waals surface area contributed by atoms with Crippen LogP contribution >= 0.6 is 8.03 Å². The van der Waals surface area contributed by atoms with Crippen molar-refractivity contribution in [2.45, 2.75) is 32.3 Å². The van der Waals surface area contributed by atoms with Crippen molar-refractivity contribution in [1.29, 1.82) is 0 Å². The Morgan fingerprint density at radius 1 is 1.67 bits per heavy atom. The van der Waals surface area contributed by atoms with Crippen LogP contribution in [0.15, 0.2) is 0 Å². The van der Waals surface area contributed by atoms with Gasteiger partial charge in [-0.25, -0.2) is 0 Å². The van der Waals surface area contributed by atoms with Gasteiger partial charge in [0.25, 0.3) is 0 Å². The molecule has 0 heterocycles. The molecule has 0 amide bonds. The van der Waals surface area contributed by atoms with Gasteiger partial charge in [0.1, 0.15) is 0 Å². The van der Waals surface area contributed by atoms with Crippen molar-refractivity contribution < 1.29 is 9.46 Å². The van der Waals surface area contributed by atoms with Crippen LogP contribution in [0.3, 0.4) is 0 Å². The first-order chi connectivity index (χ1) is 3.68. The Kier molecular flexibility index (Phi) is 9.16. The highest BCUT2D eigenvalue weighted by Gasteiger charge is 2.20. The van der Waals surface area contributed by atoms with E-state index in [1.54, 1.807) is 6.92 Å². The standard InChI is InChI=1S/C5H11O2P.Al.3H/c1-3-4-5(2)8(6)7;;;;/h5H,3-4H2,1-2H3;;;;/p+1. The summed E-state index contributed by atoms with van der Waals surface area (Å²) in [6.45, 7) is 3.80. The molecule has 0 aliphatic rings. The van der Waals surface area contributed by atoms with Crippen molar-refractivity contribution in [2.75, 3.05) is 0 Å². The second-order valence-corrected chi connectivity index (χ2v) is 3.43. The second kappa shape index (κ2) is 6.71. The van der Waals surface area contributed by atoms with Crippen LogP contribution in [0.1, 0.15) is 26.7 Å². The fraction of sp³-hybridized carbons (Fsp3) is 1.00. The van der Waals surface area contributed by atoms with Crippen molar-refractivity contribution >= 4 is 25.4 Å². The molecule has 0 fully saturated rings. The molecule has 2 nitrogen and oxygen atoms in total. The lowest BCUT2D eigenvalue weighted by molar-refractivity contribution is 0.487. The largest absolute Gasteiger partial charge is 0.508 e. The van der Waals surface area contributed by atoms with Crippen molar-refractivity contribution in [2.24, 2.45) is 0 Å². The predicted molar refractivity (Wildman–Crippen MR) is 44.1 cm³/mol. The number of hydrogen-bond acceptors (Lipinski definition) is 1. The van der Waals surface area contributed by atoms with Gasteiger partial charge in [-0.15, -0.1) is 0 Å². The Labute approximate surface area is 67.7 Å². The predicted octanol–water partition coefficient (Wildman–Crippen LogP) is 0.726. The third-order valence-electron chi connectivity index (χ3n) is 1.08. The molecular weight excluding hydrogens is 150 g/mol. The lowest BCUT2D eigenvalue weighted by Gasteiger charge is -1.89. The zero-order chi connectivity index (χ0) is 6.57. The normalized spacial score (nSPS) is 13.9. The molecule has 9 heavy (non-hydrogen) atoms. The highest BCUT2D eigenvalue weighted by molar-refractivity contribution is 7.38. The zero-order valence-corrected chi connectivity index (χ0v) is 6.19. The molecule has 0 aromatic rings. The maximum absolute atomic E-state index is 10.2. The minimum absolute atomic E-state index is 0. The Morgan fingerprint density at radius 2 is 2.11 bits per heavy atom. The van der Waals surface area contributed by atoms with Gasteiger partial charge in [-0.1, -0.05) is 13.3 Å². The van der Waals surface area contributed by atoms with E-state index in [2.05, 4.69) is 0 Å². The third-order valence-corrected chi connectivity index (χ3v) is 2.10. The average Bonchev–Trinajstić information content (AvgIpc) is 1.67. The lowest BCUT2D eigenvalue weighted by Crippen LogP contribution is -1.92. The van der Waals surface area contributed by atoms with Crippen LogP contribution in [0.25, 0.3) is 0 Å². The molecule has 0 aromatic carbocycles. The van der Waals surface area contributed by atoms with Crippen molar-refractivity contribution in [3.05, 3.63) is 0 Å². The van der Waals surface area contributed by atoms with E-state index in [-0.39, 0.29) is 23.0 Å². The van der Waals surface area contributed by atoms with Gasteiger partial charge in [0.05, 0.1) is 0 Å². The van der Waals surface area contributed by atoms with Gasteiger partial charge < -0.3 is 0 Å². The van der Waals surface area contributed by atoms with Gasteiger partial charge >= 0.3 is 8.03 Å². The Bertz CT molecular complexity index is 87.0. The summed E-state index contributed by atoms with van der Waals surface area (Å²) < 4.78 is 10.2. The van der Waals surface area contributed by atoms with Crippen LogP contribution in [-0.2, 0) is 4.57 Å². The van der Waals surface area contributed by atoms with Gasteiger partial charge in [0.2, 0.25) is 0 Å². The summed E-state index contributed by atoms with van der Waals surface area (Å²) in [6, 6.07) is 0. The maximum Gasteiger partial charge on any atom is 0.508 e. The molecule has 0 radical (unpaired) electrons. The van der Waals surface area contributed by atoms with Gasteiger partial charge in [-0.2, -0.15) is 4.89 Å². The number of hydrogen-bond donors (Lipinski definition) is 1. The van der Waals surface area contributed by atoms with E-state index in [0.717, 1.165) is 12.8 Å². The summed E-state index contributed by atoms with van der Waals surface area (Å²) in [5, 5.41) is 0. The molecular formula is C5H15AlO2P+. The zero-order valence-electron chi connectivity index (χ0n) is 5.29. The molecule has 0 aliphatic carbocycles. The SMILES string of the molecule is CCCC(C)[P+](=O)O.[AlH3]. The minimum Gasteiger partial charge on any atom is -0.161 e. The molecule has 0 saturated carbocycles. The molecule has 54 valence electrons. The second-order valence-electron chi connectivity index (χ2n) is 1.94. The van der Waals surface area contributed by atoms with Crippen LogP contribution in [-0.4, -0.2) is 27.9 Å². The van der Waals surface area contributed by atoms with E-state index in [0.29, 0.717) is 0 Å². The average molecular weight is 165 g/mol. The van der Waals surface area contributed by atoms with Crippen LogP contribution in [0.2, 0.25) is 0 Å². The lowest BCUT2D eigenvalue weighted by atomic mass is 10.3. The summed E-state index contributed by atoms with van der Waals surface area (Å²) in [5.74, 6) is 0. The van der Waals surface area contributed by atoms with E-state index in [1.165, 1.54) is 0 Å². The van der Waals surface area contributed by atoms with Crippen LogP contribution < -0.4 is 0 Å². The summed E-state index contributed by atoms with van der Waals surface area (Å²) in [4.78, 5) is 8.46. The van der Waals surface area contributed by atoms with E-state index in [1.807, 2.05) is 6.92 Å². The molecule has 0 saturated heterocycles. The van der Waals surface area contributed by atoms with E-state index in [4.69, 9.17) is 4.89 Å². The molecule has 2 unspecified atom stereocenters. The molecule has 0 aromatic heterocycles. The Morgan fingerprint density at radius 3 is 2.22 bits per heavy atom. The monoisotopic (exact) mass is 165 g/mol. The first-order valence-electron chi connectivity index (χ1n) is 2.83. The van der Waals surface area contributed by atoms with Crippen molar-refractivity contribution in [1.82, 2.24) is 0 Å². The fourth-order valence-corrected chi connectivity index (χ4v) is 1.01. The Balaban J connectivity index is 0. The first kappa shape index (κ1) is 12.3. The first-order valence-corrected chi connectivity index (χ1v) is 4.12. The minimum atomic E-state index is -1.92. The highest BCUT2D eigenvalue weighted by atomic mass is 31.1. The molecule has 0 rings (SSSR count). The maximum atomic E-state index is 10.2. The van der Waals surface area contributed by atoms with Gasteiger partial charge in [-0.3, -0.25) is 0 Å². The van der Waals surface area contributed by atoms with Gasteiger partial charge in [0.15, 0.2) is 23.0 Å². The molecule has 2 atom stereocenters. The smallest absolute Gasteiger partial charge is 0.161 e. The summed E-state index contributed by atoms with van der Waals surface area (Å²) in [6.07, 6.45) is 1.84. The molecule has 0 bridgehead atoms. The van der Waals surface area contributed by atoms with Crippen molar-refractivity contribution in [3.63, 3.8) is 0 Å². The van der Waals surface area contributed by atoms with E-state index >= 15 is 0 Å². The summed E-state index contributed by atoms with van der Waals surface area (Å²) in [5.41, 5.74) is -0.0185. The highest BCUT2D eigenvalue weighted by Crippen LogP contribution is 2.24. The summed E-state index contributed by atoms with van der Waals surface area (Å²) in [7, 11) is -1.92. The molecule has 4 heteroatoms.